The van der Waals surface area contributed by atoms with Gasteiger partial charge in [0.1, 0.15) is 17.6 Å². The van der Waals surface area contributed by atoms with Crippen molar-refractivity contribution in [3.63, 3.8) is 0 Å². The summed E-state index contributed by atoms with van der Waals surface area (Å²) in [4.78, 5) is 12.7. The molecule has 0 unspecified atom stereocenters. The molecule has 0 atom stereocenters. The molecule has 1 amide bonds. The number of aryl methyl sites for hydroxylation is 1. The lowest BCUT2D eigenvalue weighted by Gasteiger charge is -2.08. The van der Waals surface area contributed by atoms with Gasteiger partial charge in [-0.3, -0.25) is 4.79 Å². The minimum atomic E-state index is -0.333. The maximum absolute atomic E-state index is 13.1. The molecule has 0 aliphatic rings. The van der Waals surface area contributed by atoms with Crippen molar-refractivity contribution < 1.29 is 13.9 Å². The number of nitrogens with zero attached hydrogens (tertiary/aromatic N) is 3. The van der Waals surface area contributed by atoms with E-state index in [0.717, 1.165) is 0 Å². The van der Waals surface area contributed by atoms with E-state index in [2.05, 4.69) is 10.4 Å². The third kappa shape index (κ3) is 3.96. The average Bonchev–Trinajstić information content (AvgIpc) is 2.96. The lowest BCUT2D eigenvalue weighted by molar-refractivity contribution is 0.102. The van der Waals surface area contributed by atoms with Crippen LogP contribution in [0.5, 0.6) is 5.75 Å². The van der Waals surface area contributed by atoms with E-state index < -0.39 is 0 Å². The van der Waals surface area contributed by atoms with E-state index in [9.17, 15) is 9.18 Å². The van der Waals surface area contributed by atoms with E-state index >= 15 is 0 Å². The number of carbonyl (C=O) groups excluding carboxylic acids is 1. The molecular formula is C20H17FN4O2. The zero-order valence-electron chi connectivity index (χ0n) is 14.9. The molecule has 3 aromatic rings. The molecule has 0 fully saturated rings. The Morgan fingerprint density at radius 1 is 1.19 bits per heavy atom. The van der Waals surface area contributed by atoms with Crippen LogP contribution in [-0.2, 0) is 0 Å². The van der Waals surface area contributed by atoms with Gasteiger partial charge < -0.3 is 10.1 Å². The molecule has 0 radical (unpaired) electrons. The van der Waals surface area contributed by atoms with E-state index in [0.29, 0.717) is 34.1 Å². The van der Waals surface area contributed by atoms with Crippen molar-refractivity contribution >= 4 is 11.6 Å². The van der Waals surface area contributed by atoms with Crippen molar-refractivity contribution in [2.75, 3.05) is 11.9 Å². The fourth-order valence-electron chi connectivity index (χ4n) is 2.75. The lowest BCUT2D eigenvalue weighted by Crippen LogP contribution is -2.14. The maximum Gasteiger partial charge on any atom is 0.259 e. The van der Waals surface area contributed by atoms with E-state index in [4.69, 9.17) is 10.00 Å². The van der Waals surface area contributed by atoms with Crippen LogP contribution >= 0.6 is 0 Å². The zero-order valence-corrected chi connectivity index (χ0v) is 14.9. The van der Waals surface area contributed by atoms with Gasteiger partial charge in [0.2, 0.25) is 0 Å². The topological polar surface area (TPSA) is 79.9 Å². The van der Waals surface area contributed by atoms with E-state index in [1.807, 2.05) is 6.07 Å². The predicted octanol–water partition coefficient (Wildman–Crippen LogP) is 3.78. The summed E-state index contributed by atoms with van der Waals surface area (Å²) in [6, 6.07) is 14.5. The first kappa shape index (κ1) is 18.1. The summed E-state index contributed by atoms with van der Waals surface area (Å²) in [5.74, 6) is -0.0736. The Morgan fingerprint density at radius 3 is 2.48 bits per heavy atom. The Bertz CT molecular complexity index is 1000. The molecule has 2 aromatic carbocycles. The zero-order chi connectivity index (χ0) is 19.4. The molecule has 0 saturated heterocycles. The summed E-state index contributed by atoms with van der Waals surface area (Å²) in [6.07, 6.45) is 0. The van der Waals surface area contributed by atoms with Gasteiger partial charge in [0.25, 0.3) is 5.91 Å². The molecule has 3 rings (SSSR count). The van der Waals surface area contributed by atoms with Gasteiger partial charge in [0, 0.05) is 5.69 Å². The van der Waals surface area contributed by atoms with Crippen LogP contribution in [0.1, 0.15) is 21.7 Å². The van der Waals surface area contributed by atoms with Crippen LogP contribution in [0.3, 0.4) is 0 Å². The number of hydrogen-bond donors (Lipinski definition) is 1. The van der Waals surface area contributed by atoms with Crippen LogP contribution in [0.2, 0.25) is 0 Å². The highest BCUT2D eigenvalue weighted by atomic mass is 19.1. The van der Waals surface area contributed by atoms with Crippen molar-refractivity contribution in [3.05, 3.63) is 71.3 Å². The quantitative estimate of drug-likeness (QED) is 0.747. The molecule has 1 heterocycles. The van der Waals surface area contributed by atoms with Crippen molar-refractivity contribution in [2.45, 2.75) is 13.8 Å². The highest BCUT2D eigenvalue weighted by Gasteiger charge is 2.19. The third-order valence-corrected chi connectivity index (χ3v) is 4.01. The smallest absolute Gasteiger partial charge is 0.259 e. The summed E-state index contributed by atoms with van der Waals surface area (Å²) < 4.78 is 19.9. The van der Waals surface area contributed by atoms with E-state index in [-0.39, 0.29) is 18.3 Å². The van der Waals surface area contributed by atoms with Gasteiger partial charge in [-0.2, -0.15) is 10.4 Å². The van der Waals surface area contributed by atoms with Crippen molar-refractivity contribution in [1.29, 1.82) is 5.26 Å². The molecule has 7 heteroatoms. The maximum atomic E-state index is 13.1. The van der Waals surface area contributed by atoms with Crippen LogP contribution < -0.4 is 10.1 Å². The Labute approximate surface area is 155 Å². The van der Waals surface area contributed by atoms with Crippen LogP contribution in [0, 0.1) is 31.0 Å². The first-order valence-electron chi connectivity index (χ1n) is 8.23. The van der Waals surface area contributed by atoms with Gasteiger partial charge in [-0.25, -0.2) is 9.07 Å². The number of anilines is 1. The highest BCUT2D eigenvalue weighted by molar-refractivity contribution is 6.06. The Morgan fingerprint density at radius 2 is 1.85 bits per heavy atom. The van der Waals surface area contributed by atoms with Crippen molar-refractivity contribution in [1.82, 2.24) is 9.78 Å². The number of nitrogens with one attached hydrogen (secondary N) is 1. The van der Waals surface area contributed by atoms with Gasteiger partial charge in [0.05, 0.1) is 22.6 Å². The molecule has 27 heavy (non-hydrogen) atoms. The van der Waals surface area contributed by atoms with Crippen molar-refractivity contribution in [3.8, 4) is 17.5 Å². The molecule has 0 saturated carbocycles. The number of amides is 1. The summed E-state index contributed by atoms with van der Waals surface area (Å²) in [5, 5.41) is 15.7. The summed E-state index contributed by atoms with van der Waals surface area (Å²) in [6.45, 7) is 3.50. The fraction of sp³-hybridized carbons (Fsp3) is 0.150. The van der Waals surface area contributed by atoms with Crippen LogP contribution in [0.4, 0.5) is 10.1 Å². The second kappa shape index (κ2) is 7.70. The molecule has 1 N–H and O–H groups in total. The number of aromatic nitrogens is 2. The normalized spacial score (nSPS) is 10.3. The Hall–Kier alpha value is -3.66. The standard InChI is InChI=1S/C20H17FN4O2/c1-13-19(14(2)25(24-13)17-7-3-15(21)4-8-17)20(26)23-16-5-9-18(10-6-16)27-12-11-22/h3-10H,12H2,1-2H3,(H,23,26). The summed E-state index contributed by atoms with van der Waals surface area (Å²) in [5.41, 5.74) is 2.96. The summed E-state index contributed by atoms with van der Waals surface area (Å²) >= 11 is 0. The number of carbonyl (C=O) groups is 1. The van der Waals surface area contributed by atoms with Gasteiger partial charge in [-0.15, -0.1) is 0 Å². The first-order chi connectivity index (χ1) is 13.0. The number of hydrogen-bond acceptors (Lipinski definition) is 4. The molecule has 0 aliphatic heterocycles. The van der Waals surface area contributed by atoms with Gasteiger partial charge >= 0.3 is 0 Å². The van der Waals surface area contributed by atoms with Gasteiger partial charge in [-0.05, 0) is 62.4 Å². The highest BCUT2D eigenvalue weighted by Crippen LogP contribution is 2.21. The van der Waals surface area contributed by atoms with Crippen LogP contribution in [-0.4, -0.2) is 22.3 Å². The monoisotopic (exact) mass is 364 g/mol. The van der Waals surface area contributed by atoms with Crippen LogP contribution in [0.15, 0.2) is 48.5 Å². The van der Waals surface area contributed by atoms with E-state index in [1.165, 1.54) is 12.1 Å². The first-order valence-corrected chi connectivity index (χ1v) is 8.23. The SMILES string of the molecule is Cc1nn(-c2ccc(F)cc2)c(C)c1C(=O)Nc1ccc(OCC#N)cc1. The van der Waals surface area contributed by atoms with E-state index in [1.54, 1.807) is 54.9 Å². The largest absolute Gasteiger partial charge is 0.479 e. The number of ether oxygens (including phenoxy) is 1. The predicted molar refractivity (Wildman–Crippen MR) is 98.5 cm³/mol. The number of halogens is 1. The van der Waals surface area contributed by atoms with Gasteiger partial charge in [0.15, 0.2) is 6.61 Å². The number of rotatable bonds is 5. The minimum Gasteiger partial charge on any atom is -0.479 e. The fourth-order valence-corrected chi connectivity index (χ4v) is 2.75. The molecule has 0 bridgehead atoms. The molecule has 0 aliphatic carbocycles. The van der Waals surface area contributed by atoms with Gasteiger partial charge in [-0.1, -0.05) is 0 Å². The average molecular weight is 364 g/mol. The second-order valence-electron chi connectivity index (χ2n) is 5.86. The third-order valence-electron chi connectivity index (χ3n) is 4.01. The molecule has 6 nitrogen and oxygen atoms in total. The Kier molecular flexibility index (Phi) is 5.18. The Balaban J connectivity index is 1.81. The molecule has 136 valence electrons. The molecular weight excluding hydrogens is 347 g/mol. The minimum absolute atomic E-state index is 0.0351. The van der Waals surface area contributed by atoms with Crippen molar-refractivity contribution in [2.24, 2.45) is 0 Å². The number of nitriles is 1. The second-order valence-corrected chi connectivity index (χ2v) is 5.86. The summed E-state index contributed by atoms with van der Waals surface area (Å²) in [7, 11) is 0. The van der Waals surface area contributed by atoms with Crippen LogP contribution in [0.25, 0.3) is 5.69 Å². The molecule has 0 spiro atoms. The lowest BCUT2D eigenvalue weighted by atomic mass is 10.1. The molecule has 1 aromatic heterocycles. The number of benzene rings is 2.